The molecule has 1 aromatic carbocycles. The predicted octanol–water partition coefficient (Wildman–Crippen LogP) is 2.71. The minimum Gasteiger partial charge on any atom is -0.497 e. The molecule has 3 heterocycles. The van der Waals surface area contributed by atoms with Crippen molar-refractivity contribution in [3.63, 3.8) is 0 Å². The van der Waals surface area contributed by atoms with E-state index in [1.807, 2.05) is 35.2 Å². The smallest absolute Gasteiger partial charge is 0.229 e. The van der Waals surface area contributed by atoms with Crippen LogP contribution in [0.4, 0.5) is 0 Å². The zero-order chi connectivity index (χ0) is 18.6. The summed E-state index contributed by atoms with van der Waals surface area (Å²) in [6.07, 6.45) is 5.97. The predicted molar refractivity (Wildman–Crippen MR) is 100 cm³/mol. The van der Waals surface area contributed by atoms with E-state index in [2.05, 4.69) is 4.98 Å². The number of ether oxygens (including phenoxy) is 3. The molecule has 6 heteroatoms. The second-order valence-corrected chi connectivity index (χ2v) is 7.02. The number of rotatable bonds is 4. The molecule has 27 heavy (non-hydrogen) atoms. The molecule has 0 N–H and O–H groups in total. The van der Waals surface area contributed by atoms with E-state index in [1.54, 1.807) is 19.5 Å². The van der Waals surface area contributed by atoms with Crippen LogP contribution in [0, 0.1) is 5.92 Å². The van der Waals surface area contributed by atoms with Gasteiger partial charge < -0.3 is 19.1 Å². The van der Waals surface area contributed by atoms with Gasteiger partial charge in [-0.1, -0.05) is 6.07 Å². The summed E-state index contributed by atoms with van der Waals surface area (Å²) in [6.45, 7) is 1.86. The van der Waals surface area contributed by atoms with Crippen LogP contribution in [-0.2, 0) is 11.2 Å². The molecule has 1 unspecified atom stereocenters. The summed E-state index contributed by atoms with van der Waals surface area (Å²) in [4.78, 5) is 18.9. The van der Waals surface area contributed by atoms with Gasteiger partial charge >= 0.3 is 0 Å². The number of hydrogen-bond acceptors (Lipinski definition) is 5. The third kappa shape index (κ3) is 3.99. The minimum absolute atomic E-state index is 0.123. The van der Waals surface area contributed by atoms with E-state index in [1.165, 1.54) is 0 Å². The molecule has 142 valence electrons. The molecule has 1 amide bonds. The number of methoxy groups -OCH3 is 1. The Kier molecular flexibility index (Phi) is 5.14. The summed E-state index contributed by atoms with van der Waals surface area (Å²) in [6, 6.07) is 9.57. The number of likely N-dealkylation sites (tertiary alicyclic amines) is 1. The number of carbonyl (C=O) groups is 1. The van der Waals surface area contributed by atoms with E-state index < -0.39 is 0 Å². The molecule has 0 saturated carbocycles. The lowest BCUT2D eigenvalue weighted by Gasteiger charge is -2.35. The van der Waals surface area contributed by atoms with Crippen LogP contribution in [0.2, 0.25) is 0 Å². The molecule has 4 rings (SSSR count). The highest BCUT2D eigenvalue weighted by Crippen LogP contribution is 2.32. The third-order valence-electron chi connectivity index (χ3n) is 5.22. The van der Waals surface area contributed by atoms with Gasteiger partial charge in [-0.15, -0.1) is 0 Å². The van der Waals surface area contributed by atoms with Crippen molar-refractivity contribution >= 4 is 5.91 Å². The topological polar surface area (TPSA) is 60.9 Å². The number of carbonyl (C=O) groups excluding carboxylic acids is 1. The maximum absolute atomic E-state index is 12.9. The molecule has 1 atom stereocenters. The van der Waals surface area contributed by atoms with Crippen molar-refractivity contribution in [1.82, 2.24) is 9.88 Å². The minimum atomic E-state index is -0.123. The Morgan fingerprint density at radius 3 is 2.81 bits per heavy atom. The lowest BCUT2D eigenvalue weighted by atomic mass is 9.94. The van der Waals surface area contributed by atoms with E-state index in [0.717, 1.165) is 48.7 Å². The third-order valence-corrected chi connectivity index (χ3v) is 5.22. The molecule has 6 nitrogen and oxygen atoms in total. The fourth-order valence-electron chi connectivity index (χ4n) is 3.70. The van der Waals surface area contributed by atoms with Crippen molar-refractivity contribution in [1.29, 1.82) is 0 Å². The van der Waals surface area contributed by atoms with Gasteiger partial charge in [0.05, 0.1) is 19.2 Å². The molecule has 1 saturated heterocycles. The zero-order valence-electron chi connectivity index (χ0n) is 15.5. The van der Waals surface area contributed by atoms with Crippen molar-refractivity contribution in [2.24, 2.45) is 5.92 Å². The SMILES string of the molecule is COc1ccc2c(c1)OCC(C(=O)N1CCC(Oc3cccnc3)CC1)C2. The summed E-state index contributed by atoms with van der Waals surface area (Å²) in [5, 5.41) is 0. The van der Waals surface area contributed by atoms with E-state index in [4.69, 9.17) is 14.2 Å². The molecule has 0 bridgehead atoms. The van der Waals surface area contributed by atoms with Gasteiger partial charge in [-0.05, 0) is 30.2 Å². The normalized spacial score (nSPS) is 19.7. The number of aromatic nitrogens is 1. The lowest BCUT2D eigenvalue weighted by molar-refractivity contribution is -0.138. The maximum Gasteiger partial charge on any atom is 0.229 e. The Bertz CT molecular complexity index is 788. The van der Waals surface area contributed by atoms with Crippen LogP contribution in [-0.4, -0.2) is 48.7 Å². The summed E-state index contributed by atoms with van der Waals surface area (Å²) in [5.41, 5.74) is 1.06. The summed E-state index contributed by atoms with van der Waals surface area (Å²) in [5.74, 6) is 2.43. The number of pyridine rings is 1. The highest BCUT2D eigenvalue weighted by atomic mass is 16.5. The number of benzene rings is 1. The van der Waals surface area contributed by atoms with Gasteiger partial charge in [-0.2, -0.15) is 0 Å². The van der Waals surface area contributed by atoms with Crippen molar-refractivity contribution < 1.29 is 19.0 Å². The fraction of sp³-hybridized carbons (Fsp3) is 0.429. The Morgan fingerprint density at radius 2 is 2.07 bits per heavy atom. The van der Waals surface area contributed by atoms with E-state index >= 15 is 0 Å². The number of fused-ring (bicyclic) bond motifs is 1. The highest BCUT2D eigenvalue weighted by Gasteiger charge is 2.32. The average molecular weight is 368 g/mol. The van der Waals surface area contributed by atoms with Crippen molar-refractivity contribution in [2.45, 2.75) is 25.4 Å². The van der Waals surface area contributed by atoms with Crippen molar-refractivity contribution in [2.75, 3.05) is 26.8 Å². The van der Waals surface area contributed by atoms with Crippen molar-refractivity contribution in [3.05, 3.63) is 48.3 Å². The molecule has 1 aromatic heterocycles. The summed E-state index contributed by atoms with van der Waals surface area (Å²) >= 11 is 0. The molecule has 2 aliphatic heterocycles. The van der Waals surface area contributed by atoms with Crippen LogP contribution >= 0.6 is 0 Å². The van der Waals surface area contributed by atoms with Crippen LogP contribution < -0.4 is 14.2 Å². The molecule has 0 aliphatic carbocycles. The van der Waals surface area contributed by atoms with Crippen LogP contribution in [0.1, 0.15) is 18.4 Å². The Morgan fingerprint density at radius 1 is 1.22 bits per heavy atom. The van der Waals surface area contributed by atoms with Gasteiger partial charge in [0.2, 0.25) is 5.91 Å². The van der Waals surface area contributed by atoms with Crippen LogP contribution in [0.3, 0.4) is 0 Å². The number of hydrogen-bond donors (Lipinski definition) is 0. The molecule has 1 fully saturated rings. The standard InChI is InChI=1S/C21H24N2O4/c1-25-18-5-4-15-11-16(14-26-20(15)12-18)21(24)23-9-6-17(7-10-23)27-19-3-2-8-22-13-19/h2-5,8,12-13,16-17H,6-7,9-11,14H2,1H3. The first-order valence-electron chi connectivity index (χ1n) is 9.38. The van der Waals surface area contributed by atoms with Gasteiger partial charge in [0, 0.05) is 38.2 Å². The number of nitrogens with zero attached hydrogens (tertiary/aromatic N) is 2. The molecule has 2 aliphatic rings. The van der Waals surface area contributed by atoms with E-state index in [-0.39, 0.29) is 17.9 Å². The quantitative estimate of drug-likeness (QED) is 0.830. The molecular weight excluding hydrogens is 344 g/mol. The van der Waals surface area contributed by atoms with Crippen LogP contribution in [0.25, 0.3) is 0 Å². The number of amides is 1. The van der Waals surface area contributed by atoms with Crippen LogP contribution in [0.15, 0.2) is 42.7 Å². The fourth-order valence-corrected chi connectivity index (χ4v) is 3.70. The van der Waals surface area contributed by atoms with Gasteiger partial charge in [-0.25, -0.2) is 0 Å². The number of piperidine rings is 1. The Labute approximate surface area is 159 Å². The summed E-state index contributed by atoms with van der Waals surface area (Å²) < 4.78 is 17.0. The largest absolute Gasteiger partial charge is 0.497 e. The summed E-state index contributed by atoms with van der Waals surface area (Å²) in [7, 11) is 1.64. The van der Waals surface area contributed by atoms with Crippen LogP contribution in [0.5, 0.6) is 17.2 Å². The highest BCUT2D eigenvalue weighted by molar-refractivity contribution is 5.80. The molecule has 0 radical (unpaired) electrons. The first-order chi connectivity index (χ1) is 13.2. The van der Waals surface area contributed by atoms with Crippen molar-refractivity contribution in [3.8, 4) is 17.2 Å². The molecule has 2 aromatic rings. The van der Waals surface area contributed by atoms with E-state index in [0.29, 0.717) is 13.0 Å². The Hall–Kier alpha value is -2.76. The monoisotopic (exact) mass is 368 g/mol. The van der Waals surface area contributed by atoms with Gasteiger partial charge in [0.25, 0.3) is 0 Å². The van der Waals surface area contributed by atoms with E-state index in [9.17, 15) is 4.79 Å². The van der Waals surface area contributed by atoms with Gasteiger partial charge in [0.15, 0.2) is 0 Å². The first kappa shape index (κ1) is 17.6. The first-order valence-corrected chi connectivity index (χ1v) is 9.38. The second-order valence-electron chi connectivity index (χ2n) is 7.02. The maximum atomic E-state index is 12.9. The molecular formula is C21H24N2O4. The molecule has 0 spiro atoms. The second kappa shape index (κ2) is 7.86. The average Bonchev–Trinajstić information content (AvgIpc) is 2.74. The lowest BCUT2D eigenvalue weighted by Crippen LogP contribution is -2.46. The Balaban J connectivity index is 1.32. The zero-order valence-corrected chi connectivity index (χ0v) is 15.5. The van der Waals surface area contributed by atoms with Gasteiger partial charge in [0.1, 0.15) is 30.0 Å². The van der Waals surface area contributed by atoms with Gasteiger partial charge in [-0.3, -0.25) is 9.78 Å².